The van der Waals surface area contributed by atoms with E-state index < -0.39 is 0 Å². The minimum Gasteiger partial charge on any atom is -0.481 e. The van der Waals surface area contributed by atoms with Crippen LogP contribution >= 0.6 is 11.3 Å². The molecule has 0 atom stereocenters. The van der Waals surface area contributed by atoms with Gasteiger partial charge in [-0.25, -0.2) is 4.98 Å². The highest BCUT2D eigenvalue weighted by atomic mass is 32.1. The molecule has 6 heteroatoms. The second kappa shape index (κ2) is 8.38. The molecule has 0 radical (unpaired) electrons. The molecule has 0 aliphatic rings. The van der Waals surface area contributed by atoms with Crippen molar-refractivity contribution in [3.05, 3.63) is 46.3 Å². The fraction of sp³-hybridized carbons (Fsp3) is 0.375. The molecular weight excluding hydrogens is 296 g/mol. The van der Waals surface area contributed by atoms with Crippen LogP contribution in [-0.2, 0) is 13.0 Å². The van der Waals surface area contributed by atoms with Crippen LogP contribution in [0.15, 0.2) is 40.8 Å². The van der Waals surface area contributed by atoms with E-state index >= 15 is 0 Å². The number of nitrogens with zero attached hydrogens (tertiary/aromatic N) is 3. The monoisotopic (exact) mass is 318 g/mol. The average molecular weight is 318 g/mol. The lowest BCUT2D eigenvalue weighted by atomic mass is 10.3. The lowest BCUT2D eigenvalue weighted by Gasteiger charge is -2.21. The summed E-state index contributed by atoms with van der Waals surface area (Å²) in [5, 5.41) is 5.46. The van der Waals surface area contributed by atoms with Crippen LogP contribution in [0.25, 0.3) is 0 Å². The van der Waals surface area contributed by atoms with E-state index in [0.717, 1.165) is 24.5 Å². The van der Waals surface area contributed by atoms with E-state index in [-0.39, 0.29) is 0 Å². The van der Waals surface area contributed by atoms with Gasteiger partial charge in [0, 0.05) is 44.3 Å². The maximum atomic E-state index is 5.06. The van der Waals surface area contributed by atoms with Crippen molar-refractivity contribution < 1.29 is 4.74 Å². The fourth-order valence-corrected chi connectivity index (χ4v) is 2.74. The summed E-state index contributed by atoms with van der Waals surface area (Å²) in [6, 6.07) is 8.11. The highest BCUT2D eigenvalue weighted by Crippen LogP contribution is 2.10. The van der Waals surface area contributed by atoms with Gasteiger partial charge in [0.1, 0.15) is 0 Å². The largest absolute Gasteiger partial charge is 0.481 e. The third-order valence-electron chi connectivity index (χ3n) is 3.30. The maximum Gasteiger partial charge on any atom is 0.212 e. The lowest BCUT2D eigenvalue weighted by Crippen LogP contribution is -2.39. The zero-order valence-electron chi connectivity index (χ0n) is 13.2. The van der Waals surface area contributed by atoms with Crippen molar-refractivity contribution in [3.8, 4) is 5.88 Å². The molecule has 0 fully saturated rings. The standard InChI is InChI=1S/C16H22N4OS/c1-17-16(20(2)9-8-14-5-4-10-22-14)19-12-13-6-7-15(21-3)18-11-13/h4-7,10-11H,8-9,12H2,1-3H3,(H,17,19). The molecule has 0 aromatic carbocycles. The molecule has 118 valence electrons. The molecule has 2 rings (SSSR count). The van der Waals surface area contributed by atoms with Gasteiger partial charge in [-0.1, -0.05) is 12.1 Å². The molecule has 2 heterocycles. The molecule has 0 aliphatic heterocycles. The number of thiophene rings is 1. The number of hydrogen-bond acceptors (Lipinski definition) is 4. The molecule has 0 amide bonds. The van der Waals surface area contributed by atoms with Crippen LogP contribution in [0, 0.1) is 0 Å². The summed E-state index contributed by atoms with van der Waals surface area (Å²) < 4.78 is 5.06. The Bertz CT molecular complexity index is 581. The first-order valence-corrected chi connectivity index (χ1v) is 8.04. The average Bonchev–Trinajstić information content (AvgIpc) is 3.07. The van der Waals surface area contributed by atoms with Crippen LogP contribution in [0.4, 0.5) is 0 Å². The van der Waals surface area contributed by atoms with E-state index in [2.05, 4.69) is 44.8 Å². The minimum absolute atomic E-state index is 0.626. The van der Waals surface area contributed by atoms with E-state index in [1.54, 1.807) is 25.5 Å². The molecule has 2 aromatic rings. The predicted octanol–water partition coefficient (Wildman–Crippen LogP) is 2.40. The summed E-state index contributed by atoms with van der Waals surface area (Å²) in [4.78, 5) is 12.1. The maximum absolute atomic E-state index is 5.06. The van der Waals surface area contributed by atoms with Crippen molar-refractivity contribution >= 4 is 17.3 Å². The molecule has 1 N–H and O–H groups in total. The molecule has 5 nitrogen and oxygen atoms in total. The molecule has 0 aliphatic carbocycles. The Kier molecular flexibility index (Phi) is 6.21. The first-order valence-electron chi connectivity index (χ1n) is 7.16. The Hall–Kier alpha value is -2.08. The highest BCUT2D eigenvalue weighted by molar-refractivity contribution is 7.09. The molecule has 22 heavy (non-hydrogen) atoms. The number of guanidine groups is 1. The smallest absolute Gasteiger partial charge is 0.212 e. The van der Waals surface area contributed by atoms with Crippen molar-refractivity contribution in [3.63, 3.8) is 0 Å². The Morgan fingerprint density at radius 1 is 1.41 bits per heavy atom. The topological polar surface area (TPSA) is 49.8 Å². The quantitative estimate of drug-likeness (QED) is 0.656. The van der Waals surface area contributed by atoms with Crippen LogP contribution in [0.3, 0.4) is 0 Å². The van der Waals surface area contributed by atoms with Crippen molar-refractivity contribution in [2.24, 2.45) is 4.99 Å². The van der Waals surface area contributed by atoms with Crippen molar-refractivity contribution in [1.82, 2.24) is 15.2 Å². The second-order valence-electron chi connectivity index (χ2n) is 4.86. The normalized spacial score (nSPS) is 11.3. The first kappa shape index (κ1) is 16.3. The number of nitrogens with one attached hydrogen (secondary N) is 1. The van der Waals surface area contributed by atoms with Gasteiger partial charge in [-0.15, -0.1) is 11.3 Å². The van der Waals surface area contributed by atoms with Crippen LogP contribution in [0.5, 0.6) is 5.88 Å². The van der Waals surface area contributed by atoms with Gasteiger partial charge in [-0.05, 0) is 23.4 Å². The third kappa shape index (κ3) is 4.73. The number of likely N-dealkylation sites (N-methyl/N-ethyl adjacent to an activating group) is 1. The van der Waals surface area contributed by atoms with E-state index in [9.17, 15) is 0 Å². The van der Waals surface area contributed by atoms with Gasteiger partial charge >= 0.3 is 0 Å². The summed E-state index contributed by atoms with van der Waals surface area (Å²) in [5.74, 6) is 1.51. The SMILES string of the molecule is CN=C(NCc1ccc(OC)nc1)N(C)CCc1cccs1. The van der Waals surface area contributed by atoms with Crippen LogP contribution in [-0.4, -0.2) is 43.6 Å². The summed E-state index contributed by atoms with van der Waals surface area (Å²) in [7, 11) is 5.47. The van der Waals surface area contributed by atoms with Gasteiger partial charge in [0.2, 0.25) is 5.88 Å². The van der Waals surface area contributed by atoms with E-state index in [1.165, 1.54) is 4.88 Å². The van der Waals surface area contributed by atoms with Crippen LogP contribution in [0.1, 0.15) is 10.4 Å². The number of hydrogen-bond donors (Lipinski definition) is 1. The molecule has 0 unspecified atom stereocenters. The zero-order valence-corrected chi connectivity index (χ0v) is 14.1. The Morgan fingerprint density at radius 3 is 2.86 bits per heavy atom. The molecule has 0 bridgehead atoms. The number of rotatable bonds is 6. The van der Waals surface area contributed by atoms with Crippen molar-refractivity contribution in [2.75, 3.05) is 27.7 Å². The molecular formula is C16H22N4OS. The minimum atomic E-state index is 0.626. The fourth-order valence-electron chi connectivity index (χ4n) is 2.04. The Balaban J connectivity index is 1.82. The third-order valence-corrected chi connectivity index (χ3v) is 4.24. The van der Waals surface area contributed by atoms with Gasteiger partial charge in [-0.2, -0.15) is 0 Å². The van der Waals surface area contributed by atoms with Gasteiger partial charge < -0.3 is 15.0 Å². The van der Waals surface area contributed by atoms with Gasteiger partial charge in [0.25, 0.3) is 0 Å². The second-order valence-corrected chi connectivity index (χ2v) is 5.89. The highest BCUT2D eigenvalue weighted by Gasteiger charge is 2.06. The van der Waals surface area contributed by atoms with E-state index in [4.69, 9.17) is 4.74 Å². The lowest BCUT2D eigenvalue weighted by molar-refractivity contribution is 0.397. The number of ether oxygens (including phenoxy) is 1. The van der Waals surface area contributed by atoms with Crippen LogP contribution < -0.4 is 10.1 Å². The van der Waals surface area contributed by atoms with E-state index in [1.807, 2.05) is 18.3 Å². The van der Waals surface area contributed by atoms with Gasteiger partial charge in [-0.3, -0.25) is 4.99 Å². The van der Waals surface area contributed by atoms with Crippen molar-refractivity contribution in [1.29, 1.82) is 0 Å². The molecule has 2 aromatic heterocycles. The summed E-state index contributed by atoms with van der Waals surface area (Å²) in [6.07, 6.45) is 2.84. The number of aromatic nitrogens is 1. The van der Waals surface area contributed by atoms with Crippen molar-refractivity contribution in [2.45, 2.75) is 13.0 Å². The van der Waals surface area contributed by atoms with Gasteiger partial charge in [0.15, 0.2) is 5.96 Å². The Labute approximate surface area is 135 Å². The zero-order chi connectivity index (χ0) is 15.8. The predicted molar refractivity (Wildman–Crippen MR) is 91.6 cm³/mol. The summed E-state index contributed by atoms with van der Waals surface area (Å²) in [6.45, 7) is 1.62. The molecule has 0 spiro atoms. The number of pyridine rings is 1. The number of aliphatic imine (C=N–C) groups is 1. The number of methoxy groups -OCH3 is 1. The summed E-state index contributed by atoms with van der Waals surface area (Å²) in [5.41, 5.74) is 1.09. The van der Waals surface area contributed by atoms with Crippen LogP contribution in [0.2, 0.25) is 0 Å². The van der Waals surface area contributed by atoms with Gasteiger partial charge in [0.05, 0.1) is 7.11 Å². The molecule has 0 saturated heterocycles. The summed E-state index contributed by atoms with van der Waals surface area (Å²) >= 11 is 1.79. The van der Waals surface area contributed by atoms with E-state index in [0.29, 0.717) is 12.4 Å². The first-order chi connectivity index (χ1) is 10.7. The molecule has 0 saturated carbocycles. The Morgan fingerprint density at radius 2 is 2.27 bits per heavy atom.